The number of rotatable bonds is 5. The highest BCUT2D eigenvalue weighted by Gasteiger charge is 2.33. The normalized spacial score (nSPS) is 15.6. The van der Waals surface area contributed by atoms with E-state index in [0.29, 0.717) is 5.56 Å². The second kappa shape index (κ2) is 8.55. The smallest absolute Gasteiger partial charge is 0.252 e. The van der Waals surface area contributed by atoms with Gasteiger partial charge < -0.3 is 4.98 Å². The summed E-state index contributed by atoms with van der Waals surface area (Å²) in [5, 5.41) is 0.875. The number of halogens is 1. The molecular weight excluding hydrogens is 415 g/mol. The molecule has 0 atom stereocenters. The molecular formula is C24H27FN2O3S. The molecule has 31 heavy (non-hydrogen) atoms. The molecule has 1 aromatic heterocycles. The van der Waals surface area contributed by atoms with Crippen LogP contribution >= 0.6 is 0 Å². The van der Waals surface area contributed by atoms with Crippen molar-refractivity contribution in [3.8, 4) is 0 Å². The first-order valence-corrected chi connectivity index (χ1v) is 12.1. The zero-order chi connectivity index (χ0) is 22.2. The Bertz CT molecular complexity index is 1260. The number of aromatic nitrogens is 1. The van der Waals surface area contributed by atoms with Gasteiger partial charge in [-0.2, -0.15) is 4.31 Å². The number of fused-ring (bicyclic) bond motifs is 1. The minimum atomic E-state index is -3.89. The lowest BCUT2D eigenvalue weighted by atomic mass is 9.95. The summed E-state index contributed by atoms with van der Waals surface area (Å²) in [6, 6.07) is 10.4. The number of aromatic amines is 1. The number of sulfonamides is 1. The summed E-state index contributed by atoms with van der Waals surface area (Å²) in [6.45, 7) is 3.93. The van der Waals surface area contributed by atoms with Crippen molar-refractivity contribution in [3.05, 3.63) is 75.3 Å². The second-order valence-corrected chi connectivity index (χ2v) is 10.3. The Morgan fingerprint density at radius 2 is 1.71 bits per heavy atom. The van der Waals surface area contributed by atoms with E-state index in [1.54, 1.807) is 6.07 Å². The first-order valence-electron chi connectivity index (χ1n) is 10.7. The maximum atomic E-state index is 13.5. The third kappa shape index (κ3) is 4.29. The molecule has 0 radical (unpaired) electrons. The monoisotopic (exact) mass is 442 g/mol. The summed E-state index contributed by atoms with van der Waals surface area (Å²) < 4.78 is 41.9. The predicted molar refractivity (Wildman–Crippen MR) is 120 cm³/mol. The molecule has 0 aliphatic heterocycles. The van der Waals surface area contributed by atoms with Gasteiger partial charge in [-0.1, -0.05) is 31.4 Å². The van der Waals surface area contributed by atoms with Crippen molar-refractivity contribution < 1.29 is 12.8 Å². The predicted octanol–water partition coefficient (Wildman–Crippen LogP) is 4.81. The Labute approximate surface area is 182 Å². The van der Waals surface area contributed by atoms with E-state index in [1.165, 1.54) is 16.4 Å². The van der Waals surface area contributed by atoms with Gasteiger partial charge in [0, 0.05) is 18.2 Å². The largest absolute Gasteiger partial charge is 0.321 e. The number of nitrogens with one attached hydrogen (secondary N) is 1. The fraction of sp³-hybridized carbons (Fsp3) is 0.375. The topological polar surface area (TPSA) is 70.2 Å². The van der Waals surface area contributed by atoms with E-state index in [2.05, 4.69) is 4.98 Å². The average Bonchev–Trinajstić information content (AvgIpc) is 2.76. The molecule has 0 amide bonds. The fourth-order valence-corrected chi connectivity index (χ4v) is 6.04. The molecule has 164 valence electrons. The highest BCUT2D eigenvalue weighted by molar-refractivity contribution is 7.89. The lowest BCUT2D eigenvalue weighted by Gasteiger charge is -2.33. The fourth-order valence-electron chi connectivity index (χ4n) is 4.38. The van der Waals surface area contributed by atoms with Crippen LogP contribution in [0.15, 0.2) is 52.2 Å². The van der Waals surface area contributed by atoms with Crippen LogP contribution < -0.4 is 5.56 Å². The Hall–Kier alpha value is -2.51. The van der Waals surface area contributed by atoms with E-state index in [9.17, 15) is 17.6 Å². The third-order valence-corrected chi connectivity index (χ3v) is 8.27. The van der Waals surface area contributed by atoms with E-state index < -0.39 is 15.8 Å². The SMILES string of the molecule is Cc1ccc2cc(CN(C3CCCCC3)S(=O)(=O)c3ccc(F)cc3)c(=O)[nH]c2c1C. The number of H-pyrrole nitrogens is 1. The van der Waals surface area contributed by atoms with Gasteiger partial charge in [-0.15, -0.1) is 0 Å². The highest BCUT2D eigenvalue weighted by atomic mass is 32.2. The van der Waals surface area contributed by atoms with Crippen LogP contribution in [0.4, 0.5) is 4.39 Å². The molecule has 1 aliphatic rings. The van der Waals surface area contributed by atoms with E-state index in [0.717, 1.165) is 66.3 Å². The zero-order valence-electron chi connectivity index (χ0n) is 17.8. The number of benzene rings is 2. The standard InChI is InChI=1S/C24H27FN2O3S/c1-16-8-9-18-14-19(24(28)26-23(18)17(16)2)15-27(21-6-4-3-5-7-21)31(29,30)22-12-10-20(25)11-13-22/h8-14,21H,3-7,15H2,1-2H3,(H,26,28). The van der Waals surface area contributed by atoms with Crippen LogP contribution in [0, 0.1) is 19.7 Å². The third-order valence-electron chi connectivity index (χ3n) is 6.36. The van der Waals surface area contributed by atoms with Crippen LogP contribution in [0.5, 0.6) is 0 Å². The van der Waals surface area contributed by atoms with Crippen molar-refractivity contribution >= 4 is 20.9 Å². The molecule has 0 spiro atoms. The van der Waals surface area contributed by atoms with Gasteiger partial charge >= 0.3 is 0 Å². The summed E-state index contributed by atoms with van der Waals surface area (Å²) >= 11 is 0. The van der Waals surface area contributed by atoms with E-state index in [1.807, 2.05) is 26.0 Å². The van der Waals surface area contributed by atoms with Crippen molar-refractivity contribution in [2.75, 3.05) is 0 Å². The molecule has 1 saturated carbocycles. The second-order valence-electron chi connectivity index (χ2n) is 8.39. The van der Waals surface area contributed by atoms with Crippen LogP contribution in [0.3, 0.4) is 0 Å². The summed E-state index contributed by atoms with van der Waals surface area (Å²) in [5.74, 6) is -0.486. The number of pyridine rings is 1. The number of hydrogen-bond donors (Lipinski definition) is 1. The van der Waals surface area contributed by atoms with Gasteiger partial charge in [0.25, 0.3) is 5.56 Å². The van der Waals surface area contributed by atoms with Crippen molar-refractivity contribution in [1.29, 1.82) is 0 Å². The number of hydrogen-bond acceptors (Lipinski definition) is 3. The number of aryl methyl sites for hydroxylation is 2. The first-order chi connectivity index (χ1) is 14.8. The minimum Gasteiger partial charge on any atom is -0.321 e. The van der Waals surface area contributed by atoms with Gasteiger partial charge in [-0.25, -0.2) is 12.8 Å². The lowest BCUT2D eigenvalue weighted by Crippen LogP contribution is -2.42. The number of nitrogens with zero attached hydrogens (tertiary/aromatic N) is 1. The van der Waals surface area contributed by atoms with Gasteiger partial charge in [0.15, 0.2) is 0 Å². The summed E-state index contributed by atoms with van der Waals surface area (Å²) in [6.07, 6.45) is 4.49. The molecule has 2 aromatic carbocycles. The summed E-state index contributed by atoms with van der Waals surface area (Å²) in [7, 11) is -3.89. The Kier molecular flexibility index (Phi) is 5.99. The molecule has 3 aromatic rings. The van der Waals surface area contributed by atoms with E-state index in [4.69, 9.17) is 0 Å². The first kappa shape index (κ1) is 21.7. The van der Waals surface area contributed by atoms with Gasteiger partial charge in [-0.3, -0.25) is 4.79 Å². The van der Waals surface area contributed by atoms with Crippen LogP contribution in [-0.2, 0) is 16.6 Å². The van der Waals surface area contributed by atoms with E-state index in [-0.39, 0.29) is 23.0 Å². The molecule has 5 nitrogen and oxygen atoms in total. The zero-order valence-corrected chi connectivity index (χ0v) is 18.6. The van der Waals surface area contributed by atoms with Crippen LogP contribution in [0.1, 0.15) is 48.8 Å². The van der Waals surface area contributed by atoms with Crippen LogP contribution in [0.25, 0.3) is 10.9 Å². The molecule has 4 rings (SSSR count). The van der Waals surface area contributed by atoms with Crippen molar-refractivity contribution in [3.63, 3.8) is 0 Å². The maximum Gasteiger partial charge on any atom is 0.252 e. The summed E-state index contributed by atoms with van der Waals surface area (Å²) in [4.78, 5) is 15.9. The van der Waals surface area contributed by atoms with Crippen molar-refractivity contribution in [1.82, 2.24) is 9.29 Å². The Balaban J connectivity index is 1.78. The maximum absolute atomic E-state index is 13.5. The van der Waals surface area contributed by atoms with Gasteiger partial charge in [0.1, 0.15) is 5.82 Å². The summed E-state index contributed by atoms with van der Waals surface area (Å²) in [5.41, 5.74) is 2.99. The molecule has 1 aliphatic carbocycles. The van der Waals surface area contributed by atoms with Crippen molar-refractivity contribution in [2.45, 2.75) is 63.4 Å². The molecule has 7 heteroatoms. The van der Waals surface area contributed by atoms with E-state index >= 15 is 0 Å². The molecule has 1 N–H and O–H groups in total. The van der Waals surface area contributed by atoms with Gasteiger partial charge in [-0.05, 0) is 73.5 Å². The molecule has 0 bridgehead atoms. The Morgan fingerprint density at radius 1 is 1.03 bits per heavy atom. The molecule has 1 fully saturated rings. The molecule has 0 saturated heterocycles. The lowest BCUT2D eigenvalue weighted by molar-refractivity contribution is 0.247. The molecule has 1 heterocycles. The van der Waals surface area contributed by atoms with Gasteiger partial charge in [0.2, 0.25) is 10.0 Å². The minimum absolute atomic E-state index is 0.0113. The Morgan fingerprint density at radius 3 is 2.39 bits per heavy atom. The van der Waals surface area contributed by atoms with Crippen LogP contribution in [0.2, 0.25) is 0 Å². The van der Waals surface area contributed by atoms with Gasteiger partial charge in [0.05, 0.1) is 10.4 Å². The highest BCUT2D eigenvalue weighted by Crippen LogP contribution is 2.30. The quantitative estimate of drug-likeness (QED) is 0.617. The average molecular weight is 443 g/mol. The molecule has 0 unspecified atom stereocenters. The van der Waals surface area contributed by atoms with Crippen LogP contribution in [-0.4, -0.2) is 23.7 Å². The van der Waals surface area contributed by atoms with Crippen molar-refractivity contribution in [2.24, 2.45) is 0 Å².